The summed E-state index contributed by atoms with van der Waals surface area (Å²) in [4.78, 5) is 4.05. The minimum Gasteiger partial charge on any atom is -0.380 e. The van der Waals surface area contributed by atoms with E-state index in [1.165, 1.54) is 0 Å². The maximum absolute atomic E-state index is 9.36. The quantitative estimate of drug-likeness (QED) is 0.701. The Morgan fingerprint density at radius 1 is 1.38 bits per heavy atom. The Morgan fingerprint density at radius 3 is 2.56 bits per heavy atom. The molecule has 1 aliphatic heterocycles. The molecule has 0 unspecified atom stereocenters. The van der Waals surface area contributed by atoms with Gasteiger partial charge in [-0.1, -0.05) is 17.7 Å². The third-order valence-electron chi connectivity index (χ3n) is 3.66. The third kappa shape index (κ3) is 1.27. The summed E-state index contributed by atoms with van der Waals surface area (Å²) in [5.41, 5.74) is 0.897. The average Bonchev–Trinajstić information content (AvgIpc) is 2.17. The topological polar surface area (TPSA) is 45.9 Å². The highest BCUT2D eigenvalue weighted by molar-refractivity contribution is 6.29. The first-order chi connectivity index (χ1) is 7.68. The molecule has 1 aromatic heterocycles. The maximum atomic E-state index is 9.36. The first-order valence-corrected chi connectivity index (χ1v) is 5.67. The molecular weight excluding hydrogens is 224 g/mol. The van der Waals surface area contributed by atoms with E-state index in [0.717, 1.165) is 31.6 Å². The van der Waals surface area contributed by atoms with Gasteiger partial charge in [0.15, 0.2) is 0 Å². The van der Waals surface area contributed by atoms with Crippen LogP contribution in [0.5, 0.6) is 0 Å². The first kappa shape index (κ1) is 10.1. The lowest BCUT2D eigenvalue weighted by molar-refractivity contribution is -0.178. The van der Waals surface area contributed by atoms with Crippen molar-refractivity contribution < 1.29 is 4.74 Å². The van der Waals surface area contributed by atoms with Crippen LogP contribution in [0.4, 0.5) is 0 Å². The van der Waals surface area contributed by atoms with Gasteiger partial charge in [-0.25, -0.2) is 4.98 Å². The van der Waals surface area contributed by atoms with Crippen LogP contribution in [0.2, 0.25) is 5.15 Å². The lowest BCUT2D eigenvalue weighted by atomic mass is 9.50. The van der Waals surface area contributed by atoms with Crippen molar-refractivity contribution in [2.45, 2.75) is 18.3 Å². The standard InChI is InChI=1S/C12H11ClN2O/c13-10-2-1-9(3-15-10)12(6-14)4-11(5-12)7-16-8-11/h1-3H,4-5,7-8H2. The van der Waals surface area contributed by atoms with Crippen LogP contribution in [0.3, 0.4) is 0 Å². The molecule has 3 nitrogen and oxygen atoms in total. The summed E-state index contributed by atoms with van der Waals surface area (Å²) in [5.74, 6) is 0. The van der Waals surface area contributed by atoms with Gasteiger partial charge in [0.25, 0.3) is 0 Å². The van der Waals surface area contributed by atoms with Gasteiger partial charge in [0, 0.05) is 11.6 Å². The molecule has 0 radical (unpaired) electrons. The van der Waals surface area contributed by atoms with Gasteiger partial charge in [0.2, 0.25) is 0 Å². The normalized spacial score (nSPS) is 24.2. The Labute approximate surface area is 99.0 Å². The molecule has 16 heavy (non-hydrogen) atoms. The SMILES string of the molecule is N#CC1(c2ccc(Cl)nc2)CC2(COC2)C1. The first-order valence-electron chi connectivity index (χ1n) is 5.29. The summed E-state index contributed by atoms with van der Waals surface area (Å²) in [6.07, 6.45) is 3.50. The lowest BCUT2D eigenvalue weighted by Crippen LogP contribution is -2.59. The molecule has 0 atom stereocenters. The number of nitriles is 1. The van der Waals surface area contributed by atoms with Gasteiger partial charge in [-0.15, -0.1) is 0 Å². The number of ether oxygens (including phenoxy) is 1. The molecule has 0 N–H and O–H groups in total. The van der Waals surface area contributed by atoms with Gasteiger partial charge < -0.3 is 4.74 Å². The monoisotopic (exact) mass is 234 g/mol. The van der Waals surface area contributed by atoms with Crippen LogP contribution in [0.25, 0.3) is 0 Å². The molecule has 0 amide bonds. The number of hydrogen-bond donors (Lipinski definition) is 0. The van der Waals surface area contributed by atoms with E-state index in [0.29, 0.717) is 5.15 Å². The second kappa shape index (κ2) is 3.19. The van der Waals surface area contributed by atoms with Crippen LogP contribution in [0.15, 0.2) is 18.3 Å². The fourth-order valence-corrected chi connectivity index (χ4v) is 2.94. The van der Waals surface area contributed by atoms with E-state index >= 15 is 0 Å². The highest BCUT2D eigenvalue weighted by atomic mass is 35.5. The van der Waals surface area contributed by atoms with E-state index in [1.54, 1.807) is 12.3 Å². The average molecular weight is 235 g/mol. The zero-order chi connectivity index (χ0) is 11.2. The Morgan fingerprint density at radius 2 is 2.12 bits per heavy atom. The van der Waals surface area contributed by atoms with Gasteiger partial charge in [-0.3, -0.25) is 0 Å². The second-order valence-corrected chi connectivity index (χ2v) is 5.30. The smallest absolute Gasteiger partial charge is 0.129 e. The van der Waals surface area contributed by atoms with E-state index in [2.05, 4.69) is 11.1 Å². The van der Waals surface area contributed by atoms with Crippen LogP contribution in [0.1, 0.15) is 18.4 Å². The van der Waals surface area contributed by atoms with Crippen LogP contribution < -0.4 is 0 Å². The molecule has 0 bridgehead atoms. The molecule has 0 aromatic carbocycles. The predicted molar refractivity (Wildman–Crippen MR) is 59.0 cm³/mol. The largest absolute Gasteiger partial charge is 0.380 e. The predicted octanol–water partition coefficient (Wildman–Crippen LogP) is 2.31. The van der Waals surface area contributed by atoms with Crippen molar-refractivity contribution in [2.75, 3.05) is 13.2 Å². The Kier molecular flexibility index (Phi) is 2.01. The summed E-state index contributed by atoms with van der Waals surface area (Å²) in [5, 5.41) is 9.83. The van der Waals surface area contributed by atoms with Crippen molar-refractivity contribution in [1.82, 2.24) is 4.98 Å². The number of hydrogen-bond acceptors (Lipinski definition) is 3. The summed E-state index contributed by atoms with van der Waals surface area (Å²) < 4.78 is 5.23. The molecule has 2 heterocycles. The summed E-state index contributed by atoms with van der Waals surface area (Å²) in [7, 11) is 0. The molecule has 1 saturated heterocycles. The van der Waals surface area contributed by atoms with E-state index < -0.39 is 0 Å². The number of rotatable bonds is 1. The Hall–Kier alpha value is -1.11. The van der Waals surface area contributed by atoms with Crippen LogP contribution in [0, 0.1) is 16.7 Å². The molecule has 1 aromatic rings. The van der Waals surface area contributed by atoms with Crippen molar-refractivity contribution >= 4 is 11.6 Å². The number of aromatic nitrogens is 1. The highest BCUT2D eigenvalue weighted by Crippen LogP contribution is 2.58. The molecular formula is C12H11ClN2O. The zero-order valence-corrected chi connectivity index (χ0v) is 9.50. The molecule has 1 saturated carbocycles. The number of halogens is 1. The summed E-state index contributed by atoms with van der Waals surface area (Å²) in [6.45, 7) is 1.61. The molecule has 2 aliphatic rings. The van der Waals surface area contributed by atoms with Crippen molar-refractivity contribution in [3.8, 4) is 6.07 Å². The van der Waals surface area contributed by atoms with Gasteiger partial charge in [0.1, 0.15) is 5.15 Å². The van der Waals surface area contributed by atoms with Gasteiger partial charge >= 0.3 is 0 Å². The minimum atomic E-state index is -0.360. The lowest BCUT2D eigenvalue weighted by Gasteiger charge is -2.57. The fraction of sp³-hybridized carbons (Fsp3) is 0.500. The van der Waals surface area contributed by atoms with Crippen LogP contribution in [-0.2, 0) is 10.2 Å². The van der Waals surface area contributed by atoms with Gasteiger partial charge in [-0.2, -0.15) is 5.26 Å². The van der Waals surface area contributed by atoms with Crippen LogP contribution in [-0.4, -0.2) is 18.2 Å². The maximum Gasteiger partial charge on any atom is 0.129 e. The van der Waals surface area contributed by atoms with Crippen molar-refractivity contribution in [3.63, 3.8) is 0 Å². The third-order valence-corrected chi connectivity index (χ3v) is 3.89. The number of nitrogens with zero attached hydrogens (tertiary/aromatic N) is 2. The summed E-state index contributed by atoms with van der Waals surface area (Å²) in [6, 6.07) is 6.09. The molecule has 1 aliphatic carbocycles. The van der Waals surface area contributed by atoms with E-state index in [-0.39, 0.29) is 10.8 Å². The highest BCUT2D eigenvalue weighted by Gasteiger charge is 2.59. The molecule has 3 rings (SSSR count). The Balaban J connectivity index is 1.87. The van der Waals surface area contributed by atoms with Gasteiger partial charge in [-0.05, 0) is 24.5 Å². The van der Waals surface area contributed by atoms with Crippen LogP contribution >= 0.6 is 11.6 Å². The zero-order valence-electron chi connectivity index (χ0n) is 8.74. The van der Waals surface area contributed by atoms with E-state index in [9.17, 15) is 5.26 Å². The molecule has 4 heteroatoms. The Bertz CT molecular complexity index is 451. The minimum absolute atomic E-state index is 0.273. The van der Waals surface area contributed by atoms with E-state index in [1.807, 2.05) is 6.07 Å². The molecule has 1 spiro atoms. The van der Waals surface area contributed by atoms with E-state index in [4.69, 9.17) is 16.3 Å². The van der Waals surface area contributed by atoms with Crippen molar-refractivity contribution in [1.29, 1.82) is 5.26 Å². The molecule has 82 valence electrons. The van der Waals surface area contributed by atoms with Crippen molar-refractivity contribution in [2.24, 2.45) is 5.41 Å². The summed E-state index contributed by atoms with van der Waals surface area (Å²) >= 11 is 5.75. The van der Waals surface area contributed by atoms with Gasteiger partial charge in [0.05, 0.1) is 24.7 Å². The molecule has 2 fully saturated rings. The second-order valence-electron chi connectivity index (χ2n) is 4.91. The number of pyridine rings is 1. The fourth-order valence-electron chi connectivity index (χ4n) is 2.83. The van der Waals surface area contributed by atoms with Crippen molar-refractivity contribution in [3.05, 3.63) is 29.0 Å².